The largest absolute Gasteiger partial charge is 0.322 e. The number of nitro benzene ring substituents is 1. The van der Waals surface area contributed by atoms with E-state index in [1.165, 1.54) is 18.2 Å². The normalized spacial score (nSPS) is 14.7. The maximum Gasteiger partial charge on any atom is 0.270 e. The van der Waals surface area contributed by atoms with E-state index in [0.29, 0.717) is 5.69 Å². The number of amides is 1. The molecule has 0 radical (unpaired) electrons. The highest BCUT2D eigenvalue weighted by atomic mass is 35.5. The lowest BCUT2D eigenvalue weighted by atomic mass is 10.1. The van der Waals surface area contributed by atoms with E-state index in [2.05, 4.69) is 16.3 Å². The molecule has 27 heavy (non-hydrogen) atoms. The van der Waals surface area contributed by atoms with Gasteiger partial charge in [-0.3, -0.25) is 19.8 Å². The predicted molar refractivity (Wildman–Crippen MR) is 110 cm³/mol. The molecule has 0 aliphatic carbocycles. The van der Waals surface area contributed by atoms with E-state index in [1.54, 1.807) is 0 Å². The Morgan fingerprint density at radius 3 is 2.70 bits per heavy atom. The van der Waals surface area contributed by atoms with Crippen LogP contribution >= 0.6 is 23.4 Å². The van der Waals surface area contributed by atoms with Crippen molar-refractivity contribution in [3.63, 3.8) is 0 Å². The van der Waals surface area contributed by atoms with Crippen molar-refractivity contribution in [2.45, 2.75) is 13.5 Å². The molecule has 0 bridgehead atoms. The van der Waals surface area contributed by atoms with E-state index in [9.17, 15) is 14.9 Å². The van der Waals surface area contributed by atoms with Gasteiger partial charge in [-0.2, -0.15) is 11.8 Å². The third-order valence-corrected chi connectivity index (χ3v) is 5.74. The topological polar surface area (TPSA) is 75.5 Å². The summed E-state index contributed by atoms with van der Waals surface area (Å²) in [5.41, 5.74) is 2.64. The van der Waals surface area contributed by atoms with Crippen molar-refractivity contribution in [1.29, 1.82) is 0 Å². The Hall–Kier alpha value is -2.09. The molecule has 8 heteroatoms. The summed E-state index contributed by atoms with van der Waals surface area (Å²) in [5, 5.41) is 14.0. The Morgan fingerprint density at radius 2 is 2.00 bits per heavy atom. The van der Waals surface area contributed by atoms with Gasteiger partial charge in [-0.15, -0.1) is 0 Å². The van der Waals surface area contributed by atoms with Crippen LogP contribution in [0.4, 0.5) is 11.4 Å². The van der Waals surface area contributed by atoms with Crippen LogP contribution in [0.15, 0.2) is 36.4 Å². The van der Waals surface area contributed by atoms with Crippen LogP contribution in [-0.4, -0.2) is 40.3 Å². The lowest BCUT2D eigenvalue weighted by Crippen LogP contribution is -2.32. The van der Waals surface area contributed by atoms with E-state index in [4.69, 9.17) is 11.6 Å². The number of benzene rings is 2. The minimum Gasteiger partial charge on any atom is -0.322 e. The van der Waals surface area contributed by atoms with Crippen LogP contribution in [0.1, 0.15) is 21.5 Å². The van der Waals surface area contributed by atoms with E-state index >= 15 is 0 Å². The monoisotopic (exact) mass is 405 g/mol. The SMILES string of the molecule is Cc1ccc(CN2CCSCC2)cc1NC(=O)c1cc([N+](=O)[O-])ccc1Cl. The second-order valence-electron chi connectivity index (χ2n) is 6.41. The van der Waals surface area contributed by atoms with Crippen LogP contribution in [0, 0.1) is 17.0 Å². The lowest BCUT2D eigenvalue weighted by molar-refractivity contribution is -0.384. The third-order valence-electron chi connectivity index (χ3n) is 4.47. The van der Waals surface area contributed by atoms with Gasteiger partial charge in [0, 0.05) is 49.0 Å². The number of nitrogens with zero attached hydrogens (tertiary/aromatic N) is 2. The van der Waals surface area contributed by atoms with Crippen molar-refractivity contribution in [3.05, 3.63) is 68.2 Å². The predicted octanol–water partition coefficient (Wildman–Crippen LogP) is 4.36. The van der Waals surface area contributed by atoms with Gasteiger partial charge in [0.2, 0.25) is 0 Å². The molecule has 1 saturated heterocycles. The first-order chi connectivity index (χ1) is 12.9. The number of carbonyl (C=O) groups excluding carboxylic acids is 1. The molecule has 1 aliphatic rings. The smallest absolute Gasteiger partial charge is 0.270 e. The molecule has 1 fully saturated rings. The molecule has 0 saturated carbocycles. The summed E-state index contributed by atoms with van der Waals surface area (Å²) in [5.74, 6) is 1.82. The van der Waals surface area contributed by atoms with Crippen LogP contribution in [-0.2, 0) is 6.54 Å². The van der Waals surface area contributed by atoms with Gasteiger partial charge in [0.15, 0.2) is 0 Å². The zero-order valence-corrected chi connectivity index (χ0v) is 16.5. The van der Waals surface area contributed by atoms with Crippen LogP contribution in [0.3, 0.4) is 0 Å². The number of rotatable bonds is 5. The Morgan fingerprint density at radius 1 is 1.26 bits per heavy atom. The number of carbonyl (C=O) groups is 1. The average molecular weight is 406 g/mol. The first kappa shape index (κ1) is 19.7. The summed E-state index contributed by atoms with van der Waals surface area (Å²) >= 11 is 8.04. The van der Waals surface area contributed by atoms with Crippen LogP contribution in [0.2, 0.25) is 5.02 Å². The Labute approximate surface area is 167 Å². The first-order valence-electron chi connectivity index (χ1n) is 8.59. The van der Waals surface area contributed by atoms with Gasteiger partial charge in [0.25, 0.3) is 11.6 Å². The molecule has 0 spiro atoms. The number of halogens is 1. The van der Waals surface area contributed by atoms with Gasteiger partial charge < -0.3 is 5.32 Å². The van der Waals surface area contributed by atoms with Crippen LogP contribution < -0.4 is 5.32 Å². The number of aryl methyl sites for hydroxylation is 1. The lowest BCUT2D eigenvalue weighted by Gasteiger charge is -2.26. The van der Waals surface area contributed by atoms with Gasteiger partial charge in [0.05, 0.1) is 15.5 Å². The zero-order chi connectivity index (χ0) is 19.4. The van der Waals surface area contributed by atoms with Crippen molar-refractivity contribution in [3.8, 4) is 0 Å². The quantitative estimate of drug-likeness (QED) is 0.591. The van der Waals surface area contributed by atoms with E-state index in [-0.39, 0.29) is 16.3 Å². The molecular weight excluding hydrogens is 386 g/mol. The molecule has 2 aromatic rings. The van der Waals surface area contributed by atoms with Crippen molar-refractivity contribution < 1.29 is 9.72 Å². The Kier molecular flexibility index (Phi) is 6.36. The maximum absolute atomic E-state index is 12.6. The molecule has 1 aliphatic heterocycles. The molecule has 6 nitrogen and oxygen atoms in total. The van der Waals surface area contributed by atoms with Gasteiger partial charge in [-0.05, 0) is 30.2 Å². The van der Waals surface area contributed by atoms with Crippen molar-refractivity contribution >= 4 is 40.6 Å². The minimum atomic E-state index is -0.546. The van der Waals surface area contributed by atoms with Crippen molar-refractivity contribution in [2.24, 2.45) is 0 Å². The highest BCUT2D eigenvalue weighted by molar-refractivity contribution is 7.99. The third kappa shape index (κ3) is 5.00. The molecule has 0 unspecified atom stereocenters. The minimum absolute atomic E-state index is 0.0868. The standard InChI is InChI=1S/C19H20ClN3O3S/c1-13-2-3-14(12-22-6-8-27-9-7-22)10-18(13)21-19(24)16-11-15(23(25)26)4-5-17(16)20/h2-5,10-11H,6-9,12H2,1H3,(H,21,24). The van der Waals surface area contributed by atoms with Gasteiger partial charge >= 0.3 is 0 Å². The number of nitrogens with one attached hydrogen (secondary N) is 1. The number of anilines is 1. The summed E-state index contributed by atoms with van der Waals surface area (Å²) in [4.78, 5) is 25.4. The molecule has 3 rings (SSSR count). The van der Waals surface area contributed by atoms with Crippen molar-refractivity contribution in [2.75, 3.05) is 29.9 Å². The molecule has 1 amide bonds. The van der Waals surface area contributed by atoms with Gasteiger partial charge in [0.1, 0.15) is 0 Å². The zero-order valence-electron chi connectivity index (χ0n) is 14.9. The fraction of sp³-hybridized carbons (Fsp3) is 0.316. The highest BCUT2D eigenvalue weighted by Gasteiger charge is 2.17. The van der Waals surface area contributed by atoms with Crippen molar-refractivity contribution in [1.82, 2.24) is 4.90 Å². The molecule has 1 N–H and O–H groups in total. The number of non-ortho nitro benzene ring substituents is 1. The highest BCUT2D eigenvalue weighted by Crippen LogP contribution is 2.25. The van der Waals surface area contributed by atoms with E-state index < -0.39 is 10.8 Å². The summed E-state index contributed by atoms with van der Waals surface area (Å²) in [6.07, 6.45) is 0. The molecule has 2 aromatic carbocycles. The van der Waals surface area contributed by atoms with E-state index in [1.807, 2.05) is 30.8 Å². The number of thioether (sulfide) groups is 1. The van der Waals surface area contributed by atoms with E-state index in [0.717, 1.165) is 42.3 Å². The Balaban J connectivity index is 1.78. The molecular formula is C19H20ClN3O3S. The Bertz CT molecular complexity index is 869. The van der Waals surface area contributed by atoms with Gasteiger partial charge in [-0.1, -0.05) is 23.7 Å². The fourth-order valence-corrected chi connectivity index (χ4v) is 4.09. The number of hydrogen-bond donors (Lipinski definition) is 1. The maximum atomic E-state index is 12.6. The number of hydrogen-bond acceptors (Lipinski definition) is 5. The first-order valence-corrected chi connectivity index (χ1v) is 10.1. The second kappa shape index (κ2) is 8.73. The summed E-state index contributed by atoms with van der Waals surface area (Å²) in [6, 6.07) is 9.84. The summed E-state index contributed by atoms with van der Waals surface area (Å²) in [7, 11) is 0. The molecule has 1 heterocycles. The molecule has 0 aromatic heterocycles. The number of nitro groups is 1. The van der Waals surface area contributed by atoms with Crippen LogP contribution in [0.25, 0.3) is 0 Å². The van der Waals surface area contributed by atoms with Gasteiger partial charge in [-0.25, -0.2) is 0 Å². The molecule has 0 atom stereocenters. The summed E-state index contributed by atoms with van der Waals surface area (Å²) < 4.78 is 0. The summed E-state index contributed by atoms with van der Waals surface area (Å²) in [6.45, 7) is 4.86. The average Bonchev–Trinajstić information content (AvgIpc) is 2.65. The fourth-order valence-electron chi connectivity index (χ4n) is 2.91. The molecule has 142 valence electrons. The second-order valence-corrected chi connectivity index (χ2v) is 8.05. The van der Waals surface area contributed by atoms with Crippen LogP contribution in [0.5, 0.6) is 0 Å².